The normalized spacial score (nSPS) is 14.1. The number of carbonyl (C=O) groups excluding carboxylic acids is 6. The second-order valence-corrected chi connectivity index (χ2v) is 23.5. The summed E-state index contributed by atoms with van der Waals surface area (Å²) in [4.78, 5) is 81.8. The minimum atomic E-state index is -1.30. The van der Waals surface area contributed by atoms with Gasteiger partial charge in [0.05, 0.1) is 83.9 Å². The molecule has 1 aliphatic rings. The molecule has 0 aromatic carbocycles. The zero-order valence-electron chi connectivity index (χ0n) is 54.2. The monoisotopic (exact) mass is 1370 g/mol. The molecule has 1 rings (SSSR count). The van der Waals surface area contributed by atoms with Gasteiger partial charge in [-0.2, -0.15) is 0 Å². The number of rotatable bonds is 59. The molecule has 0 aromatic rings. The van der Waals surface area contributed by atoms with Gasteiger partial charge in [-0.05, 0) is 12.8 Å². The van der Waals surface area contributed by atoms with Gasteiger partial charge >= 0.3 is 39.9 Å². The number of amides is 3. The van der Waals surface area contributed by atoms with E-state index in [1.165, 1.54) is 180 Å². The predicted molar refractivity (Wildman–Crippen MR) is 330 cm³/mol. The van der Waals surface area contributed by atoms with Crippen molar-refractivity contribution >= 4 is 35.6 Å². The number of carboxylic acids is 3. The first kappa shape index (κ1) is 83.8. The van der Waals surface area contributed by atoms with Gasteiger partial charge in [0.25, 0.3) is 0 Å². The van der Waals surface area contributed by atoms with Gasteiger partial charge in [-0.3, -0.25) is 34.0 Å². The van der Waals surface area contributed by atoms with Crippen molar-refractivity contribution in [3.63, 3.8) is 0 Å². The largest absolute Gasteiger partial charge is 3.00 e. The molecule has 86 heavy (non-hydrogen) atoms. The number of hydrogen-bond acceptors (Lipinski definition) is 17. The van der Waals surface area contributed by atoms with Gasteiger partial charge in [-0.15, -0.1) is 0 Å². The third kappa shape index (κ3) is 57.0. The first-order valence-electron chi connectivity index (χ1n) is 34.0. The summed E-state index contributed by atoms with van der Waals surface area (Å²) in [5.41, 5.74) is 0. The molecule has 0 unspecified atom stereocenters. The standard InChI is InChI=1S/C65H125N7O13.Gd/c1-3-5-7-9-11-13-15-17-19-21-23-25-27-29-31-33-37-72(38-34-32-30-28-26-24-22-20-18-16-14-12-10-8-6-4-2)62(75)55-67-60(73)35-47-82-49-51-84-53-54-85-52-50-83-48-36-66-61(74)56-68-39-41-69(57-63(76)77)43-45-71(59-65(80)81)46-44-70(42-40-68)58-64(78)79;/h3-59H2,1-2H3,(H,66,74)(H,67,73)(H,76,77)(H,78,79)(H,80,81);/q;+3/p-3. The number of nitrogens with zero attached hydrogens (tertiary/aromatic N) is 5. The van der Waals surface area contributed by atoms with Crippen LogP contribution in [0.4, 0.5) is 0 Å². The van der Waals surface area contributed by atoms with Gasteiger partial charge in [0.2, 0.25) is 17.7 Å². The molecule has 1 saturated heterocycles. The third-order valence-corrected chi connectivity index (χ3v) is 15.9. The van der Waals surface area contributed by atoms with Gasteiger partial charge in [-0.25, -0.2) is 0 Å². The van der Waals surface area contributed by atoms with Crippen molar-refractivity contribution in [1.29, 1.82) is 0 Å². The van der Waals surface area contributed by atoms with E-state index in [1.807, 2.05) is 9.80 Å². The zero-order chi connectivity index (χ0) is 61.9. The number of carboxylic acid groups (broad SMARTS) is 3. The molecule has 1 radical (unpaired) electrons. The molecule has 0 saturated carbocycles. The van der Waals surface area contributed by atoms with Gasteiger partial charge in [-0.1, -0.05) is 206 Å². The van der Waals surface area contributed by atoms with E-state index in [4.69, 9.17) is 18.9 Å². The summed E-state index contributed by atoms with van der Waals surface area (Å²) in [6.07, 6.45) is 42.2. The second-order valence-electron chi connectivity index (χ2n) is 23.5. The van der Waals surface area contributed by atoms with Gasteiger partial charge < -0.3 is 64.2 Å². The van der Waals surface area contributed by atoms with Crippen molar-refractivity contribution in [2.45, 2.75) is 226 Å². The van der Waals surface area contributed by atoms with Crippen LogP contribution in [0, 0.1) is 39.9 Å². The number of unbranched alkanes of at least 4 members (excludes halogenated alkanes) is 30. The minimum absolute atomic E-state index is 0. The molecule has 1 heterocycles. The van der Waals surface area contributed by atoms with Gasteiger partial charge in [0.15, 0.2) is 0 Å². The molecular weight excluding hydrogens is 1240 g/mol. The maximum atomic E-state index is 13.4. The van der Waals surface area contributed by atoms with E-state index in [2.05, 4.69) is 24.5 Å². The number of carbonyl (C=O) groups is 6. The van der Waals surface area contributed by atoms with E-state index in [-0.39, 0.29) is 156 Å². The first-order chi connectivity index (χ1) is 41.4. The molecule has 0 aromatic heterocycles. The Hall–Kier alpha value is -2.18. The van der Waals surface area contributed by atoms with Crippen molar-refractivity contribution in [3.8, 4) is 0 Å². The van der Waals surface area contributed by atoms with E-state index < -0.39 is 17.9 Å². The van der Waals surface area contributed by atoms with Crippen LogP contribution in [-0.4, -0.2) is 218 Å². The summed E-state index contributed by atoms with van der Waals surface area (Å²) >= 11 is 0. The van der Waals surface area contributed by atoms with Gasteiger partial charge in [0, 0.05) is 98.0 Å². The molecule has 0 spiro atoms. The Bertz CT molecular complexity index is 1560. The molecule has 0 bridgehead atoms. The van der Waals surface area contributed by atoms with Crippen LogP contribution in [0.2, 0.25) is 0 Å². The molecule has 0 atom stereocenters. The van der Waals surface area contributed by atoms with E-state index in [0.29, 0.717) is 52.7 Å². The second kappa shape index (κ2) is 63.0. The summed E-state index contributed by atoms with van der Waals surface area (Å²) in [5, 5.41) is 39.8. The van der Waals surface area contributed by atoms with Gasteiger partial charge in [0.1, 0.15) is 0 Å². The molecule has 503 valence electrons. The fourth-order valence-corrected chi connectivity index (χ4v) is 10.6. The maximum absolute atomic E-state index is 13.4. The van der Waals surface area contributed by atoms with E-state index in [0.717, 1.165) is 38.8 Å². The van der Waals surface area contributed by atoms with E-state index >= 15 is 0 Å². The number of hydrogen-bond donors (Lipinski definition) is 2. The Morgan fingerprint density at radius 1 is 0.349 bits per heavy atom. The minimum Gasteiger partial charge on any atom is -0.549 e. The summed E-state index contributed by atoms with van der Waals surface area (Å²) in [7, 11) is 0. The van der Waals surface area contributed by atoms with Crippen LogP contribution in [-0.2, 0) is 47.7 Å². The number of ether oxygens (including phenoxy) is 4. The summed E-state index contributed by atoms with van der Waals surface area (Å²) in [6, 6.07) is 0. The number of aliphatic carboxylic acids is 3. The maximum Gasteiger partial charge on any atom is 3.00 e. The molecule has 21 heteroatoms. The quantitative estimate of drug-likeness (QED) is 0.0714. The SMILES string of the molecule is CCCCCCCCCCCCCCCCCCN(CCCCCCCCCCCCCCCCCC)C(=O)CNC(=O)CCOCCOCCOCCOCCNC(=O)CN1CCN(CC(=O)[O-])CCN(CC(=O)[O-])CCN(CC(=O)[O-])CC1.[Gd+3]. The van der Waals surface area contributed by atoms with Crippen molar-refractivity contribution in [1.82, 2.24) is 35.1 Å². The topological polar surface area (TPSA) is 249 Å². The summed E-state index contributed by atoms with van der Waals surface area (Å²) in [6.45, 7) is 9.60. The average Bonchev–Trinajstić information content (AvgIpc) is 3.69. The average molecular weight is 1370 g/mol. The Morgan fingerprint density at radius 2 is 0.616 bits per heavy atom. The predicted octanol–water partition coefficient (Wildman–Crippen LogP) is 5.50. The van der Waals surface area contributed by atoms with Crippen LogP contribution >= 0.6 is 0 Å². The molecule has 1 aliphatic heterocycles. The van der Waals surface area contributed by atoms with Crippen LogP contribution in [0.25, 0.3) is 0 Å². The smallest absolute Gasteiger partial charge is 0.549 e. The molecule has 1 fully saturated rings. The Labute approximate surface area is 553 Å². The molecule has 2 N–H and O–H groups in total. The molecular formula is C65H122GdN7O13. The molecule has 3 amide bonds. The molecule has 20 nitrogen and oxygen atoms in total. The van der Waals surface area contributed by atoms with Crippen molar-refractivity contribution < 1.29 is 103 Å². The van der Waals surface area contributed by atoms with Crippen LogP contribution in [0.3, 0.4) is 0 Å². The third-order valence-electron chi connectivity index (χ3n) is 15.9. The number of nitrogens with one attached hydrogen (secondary N) is 2. The van der Waals surface area contributed by atoms with E-state index in [1.54, 1.807) is 14.7 Å². The van der Waals surface area contributed by atoms with Crippen LogP contribution in [0.5, 0.6) is 0 Å². The Morgan fingerprint density at radius 3 is 0.919 bits per heavy atom. The molecule has 0 aliphatic carbocycles. The van der Waals surface area contributed by atoms with Crippen molar-refractivity contribution in [2.75, 3.05) is 158 Å². The fraction of sp³-hybridized carbons (Fsp3) is 0.908. The van der Waals surface area contributed by atoms with Crippen molar-refractivity contribution in [3.05, 3.63) is 0 Å². The zero-order valence-corrected chi connectivity index (χ0v) is 56.5. The van der Waals surface area contributed by atoms with Crippen LogP contribution in [0.1, 0.15) is 226 Å². The van der Waals surface area contributed by atoms with Crippen LogP contribution < -0.4 is 26.0 Å². The van der Waals surface area contributed by atoms with E-state index in [9.17, 15) is 44.1 Å². The Kier molecular flexibility index (Phi) is 61.4. The summed E-state index contributed by atoms with van der Waals surface area (Å²) < 4.78 is 22.4. The summed E-state index contributed by atoms with van der Waals surface area (Å²) in [5.74, 6) is -4.35. The fourth-order valence-electron chi connectivity index (χ4n) is 10.6. The van der Waals surface area contributed by atoms with Crippen molar-refractivity contribution in [2.24, 2.45) is 0 Å². The first-order valence-corrected chi connectivity index (χ1v) is 34.0. The van der Waals surface area contributed by atoms with Crippen LogP contribution in [0.15, 0.2) is 0 Å². The Balaban J connectivity index is 0.0000722.